The molecule has 3 aromatic rings. The van der Waals surface area contributed by atoms with Crippen LogP contribution < -0.4 is 4.74 Å². The predicted octanol–water partition coefficient (Wildman–Crippen LogP) is 5.07. The Balaban J connectivity index is 1.70. The molecule has 0 saturated carbocycles. The van der Waals surface area contributed by atoms with Gasteiger partial charge >= 0.3 is 0 Å². The monoisotopic (exact) mass is 413 g/mol. The minimum Gasteiger partial charge on any atom is -0.508 e. The Morgan fingerprint density at radius 1 is 0.968 bits per heavy atom. The van der Waals surface area contributed by atoms with Crippen LogP contribution in [0.25, 0.3) is 11.1 Å². The van der Waals surface area contributed by atoms with Crippen molar-refractivity contribution in [2.24, 2.45) is 0 Å². The smallest absolute Gasteiger partial charge is 0.193 e. The molecule has 0 saturated heterocycles. The minimum atomic E-state index is -0.00895. The normalized spacial score (nSPS) is 13.3. The van der Waals surface area contributed by atoms with Crippen LogP contribution in [-0.4, -0.2) is 43.0 Å². The molecule has 158 valence electrons. The van der Waals surface area contributed by atoms with E-state index in [1.807, 2.05) is 62.6 Å². The Morgan fingerprint density at radius 2 is 1.71 bits per heavy atom. The number of ether oxygens (including phenoxy) is 1. The Morgan fingerprint density at radius 3 is 2.42 bits per heavy atom. The largest absolute Gasteiger partial charge is 0.508 e. The molecule has 1 aliphatic carbocycles. The number of phenols is 1. The van der Waals surface area contributed by atoms with Crippen molar-refractivity contribution in [2.75, 3.05) is 27.2 Å². The molecule has 0 bridgehead atoms. The van der Waals surface area contributed by atoms with E-state index in [2.05, 4.69) is 17.0 Å². The van der Waals surface area contributed by atoms with Gasteiger partial charge in [0.05, 0.1) is 0 Å². The molecule has 0 aliphatic heterocycles. The van der Waals surface area contributed by atoms with Crippen molar-refractivity contribution in [3.05, 3.63) is 95.1 Å². The quantitative estimate of drug-likeness (QED) is 0.549. The van der Waals surface area contributed by atoms with Gasteiger partial charge in [-0.2, -0.15) is 0 Å². The number of Topliss-reactive ketones (excluding diaryl/α,β-unsaturated/α-hetero) is 1. The summed E-state index contributed by atoms with van der Waals surface area (Å²) >= 11 is 0. The van der Waals surface area contributed by atoms with Gasteiger partial charge in [0.1, 0.15) is 18.1 Å². The Bertz CT molecular complexity index is 1100. The Hall–Kier alpha value is -3.37. The molecule has 0 radical (unpaired) electrons. The maximum atomic E-state index is 13.7. The van der Waals surface area contributed by atoms with Crippen molar-refractivity contribution in [1.29, 1.82) is 0 Å². The number of ketones is 1. The average Bonchev–Trinajstić information content (AvgIpc) is 2.78. The first-order valence-corrected chi connectivity index (χ1v) is 10.6. The van der Waals surface area contributed by atoms with Crippen LogP contribution >= 0.6 is 0 Å². The molecule has 0 heterocycles. The van der Waals surface area contributed by atoms with E-state index in [1.54, 1.807) is 12.1 Å². The van der Waals surface area contributed by atoms with E-state index in [1.165, 1.54) is 0 Å². The molecular formula is C27H27NO3. The van der Waals surface area contributed by atoms with Crippen molar-refractivity contribution in [2.45, 2.75) is 12.8 Å². The van der Waals surface area contributed by atoms with Gasteiger partial charge in [-0.05, 0) is 85.6 Å². The third-order valence-corrected chi connectivity index (χ3v) is 5.58. The third-order valence-electron chi connectivity index (χ3n) is 5.58. The lowest BCUT2D eigenvalue weighted by atomic mass is 9.79. The van der Waals surface area contributed by atoms with Crippen molar-refractivity contribution < 1.29 is 14.6 Å². The molecule has 0 unspecified atom stereocenters. The van der Waals surface area contributed by atoms with Crippen molar-refractivity contribution >= 4 is 16.9 Å². The Kier molecular flexibility index (Phi) is 6.19. The second-order valence-electron chi connectivity index (χ2n) is 8.07. The lowest BCUT2D eigenvalue weighted by Crippen LogP contribution is -2.19. The van der Waals surface area contributed by atoms with Crippen molar-refractivity contribution in [3.63, 3.8) is 0 Å². The summed E-state index contributed by atoms with van der Waals surface area (Å²) in [5, 5.41) is 9.93. The van der Waals surface area contributed by atoms with E-state index < -0.39 is 0 Å². The number of hydrogen-bond acceptors (Lipinski definition) is 4. The number of aromatic hydroxyl groups is 1. The summed E-state index contributed by atoms with van der Waals surface area (Å²) in [6.07, 6.45) is 1.55. The first kappa shape index (κ1) is 20.9. The van der Waals surface area contributed by atoms with Crippen molar-refractivity contribution in [3.8, 4) is 11.5 Å². The number of fused-ring (bicyclic) bond motifs is 1. The number of allylic oxidation sites excluding steroid dienone is 2. The van der Waals surface area contributed by atoms with Crippen LogP contribution in [0.4, 0.5) is 0 Å². The number of hydrogen-bond donors (Lipinski definition) is 1. The van der Waals surface area contributed by atoms with E-state index in [4.69, 9.17) is 4.74 Å². The zero-order valence-corrected chi connectivity index (χ0v) is 18.0. The predicted molar refractivity (Wildman–Crippen MR) is 125 cm³/mol. The highest BCUT2D eigenvalue weighted by Gasteiger charge is 2.26. The van der Waals surface area contributed by atoms with Crippen LogP contribution in [0, 0.1) is 0 Å². The number of phenolic OH excluding ortho intramolecular Hbond substituents is 1. The molecule has 0 atom stereocenters. The summed E-state index contributed by atoms with van der Waals surface area (Å²) < 4.78 is 5.76. The first-order chi connectivity index (χ1) is 15.0. The number of nitrogens with zero attached hydrogens (tertiary/aromatic N) is 1. The second kappa shape index (κ2) is 9.19. The number of carbonyl (C=O) groups excluding carboxylic acids is 1. The van der Waals surface area contributed by atoms with Gasteiger partial charge in [0.2, 0.25) is 0 Å². The minimum absolute atomic E-state index is 0.00895. The molecule has 3 aromatic carbocycles. The van der Waals surface area contributed by atoms with Crippen LogP contribution in [0.3, 0.4) is 0 Å². The van der Waals surface area contributed by atoms with E-state index in [-0.39, 0.29) is 11.5 Å². The van der Waals surface area contributed by atoms with Gasteiger partial charge in [-0.25, -0.2) is 0 Å². The highest BCUT2D eigenvalue weighted by atomic mass is 16.5. The molecule has 1 N–H and O–H groups in total. The van der Waals surface area contributed by atoms with E-state index in [0.717, 1.165) is 47.4 Å². The van der Waals surface area contributed by atoms with Crippen LogP contribution in [0.2, 0.25) is 0 Å². The fourth-order valence-corrected chi connectivity index (χ4v) is 3.96. The second-order valence-corrected chi connectivity index (χ2v) is 8.07. The van der Waals surface area contributed by atoms with Crippen LogP contribution in [0.1, 0.15) is 33.5 Å². The lowest BCUT2D eigenvalue weighted by molar-refractivity contribution is 0.105. The summed E-state index contributed by atoms with van der Waals surface area (Å²) in [5.41, 5.74) is 5.37. The van der Waals surface area contributed by atoms with Gasteiger partial charge in [-0.3, -0.25) is 4.79 Å². The van der Waals surface area contributed by atoms with Crippen molar-refractivity contribution in [1.82, 2.24) is 4.90 Å². The van der Waals surface area contributed by atoms with Gasteiger partial charge in [-0.1, -0.05) is 36.4 Å². The Labute approximate surface area is 183 Å². The maximum Gasteiger partial charge on any atom is 0.193 e. The van der Waals surface area contributed by atoms with Gasteiger partial charge < -0.3 is 14.7 Å². The number of rotatable bonds is 7. The number of carbonyl (C=O) groups is 1. The number of likely N-dealkylation sites (N-methyl/N-ethyl adjacent to an activating group) is 1. The van der Waals surface area contributed by atoms with Gasteiger partial charge in [0.25, 0.3) is 0 Å². The highest BCUT2D eigenvalue weighted by molar-refractivity contribution is 6.35. The summed E-state index contributed by atoms with van der Waals surface area (Å²) in [7, 11) is 4.01. The SMILES string of the molecule is CN(C)CCOc1ccc(C(=O)C2=C(c3ccccc3)CCc3cc(O)ccc32)cc1. The highest BCUT2D eigenvalue weighted by Crippen LogP contribution is 2.39. The molecule has 4 rings (SSSR count). The fraction of sp³-hybridized carbons (Fsp3) is 0.222. The zero-order valence-electron chi connectivity index (χ0n) is 18.0. The fourth-order valence-electron chi connectivity index (χ4n) is 3.96. The molecule has 0 spiro atoms. The van der Waals surface area contributed by atoms with Crippen LogP contribution in [-0.2, 0) is 6.42 Å². The van der Waals surface area contributed by atoms with Gasteiger partial charge in [0, 0.05) is 17.7 Å². The zero-order chi connectivity index (χ0) is 21.8. The van der Waals surface area contributed by atoms with Gasteiger partial charge in [0.15, 0.2) is 5.78 Å². The molecule has 0 amide bonds. The average molecular weight is 414 g/mol. The van der Waals surface area contributed by atoms with E-state index in [9.17, 15) is 9.90 Å². The lowest BCUT2D eigenvalue weighted by Gasteiger charge is -2.23. The van der Waals surface area contributed by atoms with Crippen LogP contribution in [0.15, 0.2) is 72.8 Å². The molecule has 4 heteroatoms. The molecule has 0 fully saturated rings. The standard InChI is InChI=1S/C27H27NO3/c1-28(2)16-17-31-23-12-8-20(9-13-23)27(30)26-24(19-6-4-3-5-7-19)14-10-21-18-22(29)11-15-25(21)26/h3-9,11-13,15,18,29H,10,14,16-17H2,1-2H3. The summed E-state index contributed by atoms with van der Waals surface area (Å²) in [6, 6.07) is 22.7. The van der Waals surface area contributed by atoms with Gasteiger partial charge in [-0.15, -0.1) is 0 Å². The molecule has 0 aromatic heterocycles. The van der Waals surface area contributed by atoms with E-state index >= 15 is 0 Å². The third kappa shape index (κ3) is 4.70. The summed E-state index contributed by atoms with van der Waals surface area (Å²) in [5.74, 6) is 0.975. The number of benzene rings is 3. The van der Waals surface area contributed by atoms with Crippen LogP contribution in [0.5, 0.6) is 11.5 Å². The topological polar surface area (TPSA) is 49.8 Å². The van der Waals surface area contributed by atoms with E-state index in [0.29, 0.717) is 17.7 Å². The summed E-state index contributed by atoms with van der Waals surface area (Å²) in [6.45, 7) is 1.43. The summed E-state index contributed by atoms with van der Waals surface area (Å²) in [4.78, 5) is 15.7. The maximum absolute atomic E-state index is 13.7. The molecule has 1 aliphatic rings. The molecular weight excluding hydrogens is 386 g/mol. The number of aryl methyl sites for hydroxylation is 1. The molecule has 4 nitrogen and oxygen atoms in total. The molecule has 31 heavy (non-hydrogen) atoms. The first-order valence-electron chi connectivity index (χ1n) is 10.6.